The topological polar surface area (TPSA) is 192 Å². The van der Waals surface area contributed by atoms with Crippen LogP contribution in [-0.4, -0.2) is 21.7 Å². The number of amides is 1. The van der Waals surface area contributed by atoms with Gasteiger partial charge in [0.05, 0.1) is 32.9 Å². The Kier molecular flexibility index (Phi) is 6.64. The number of nitrogen functional groups attached to an aromatic ring is 1. The Balaban J connectivity index is 1.63. The monoisotopic (exact) mass is 450 g/mol. The molecule has 0 aliphatic carbocycles. The van der Waals surface area contributed by atoms with Crippen molar-refractivity contribution >= 4 is 40.3 Å². The van der Waals surface area contributed by atoms with E-state index in [4.69, 9.17) is 10.6 Å². The summed E-state index contributed by atoms with van der Waals surface area (Å²) in [6.45, 7) is 0. The average molecular weight is 450 g/mol. The van der Waals surface area contributed by atoms with Crippen LogP contribution in [0.2, 0.25) is 0 Å². The SMILES string of the molecule is Nc1cccc(C(=O)N=Nc2ccc(NOC(=O)c3cc([N+](=O)[O-])cc([N+](=O)[O-])c3)cc2)c1. The van der Waals surface area contributed by atoms with Crippen molar-refractivity contribution in [2.75, 3.05) is 11.2 Å². The molecule has 0 saturated heterocycles. The molecule has 13 heteroatoms. The van der Waals surface area contributed by atoms with Crippen molar-refractivity contribution in [3.05, 3.63) is 98.1 Å². The van der Waals surface area contributed by atoms with E-state index < -0.39 is 33.1 Å². The number of azo groups is 1. The van der Waals surface area contributed by atoms with E-state index in [-0.39, 0.29) is 11.1 Å². The first-order valence-electron chi connectivity index (χ1n) is 9.05. The highest BCUT2D eigenvalue weighted by molar-refractivity contribution is 5.95. The van der Waals surface area contributed by atoms with Crippen LogP contribution in [0.15, 0.2) is 77.0 Å². The molecule has 166 valence electrons. The number of hydrogen-bond acceptors (Lipinski definition) is 10. The highest BCUT2D eigenvalue weighted by Crippen LogP contribution is 2.24. The molecule has 0 bridgehead atoms. The Hall–Kier alpha value is -5.20. The third-order valence-corrected chi connectivity index (χ3v) is 4.08. The molecule has 0 radical (unpaired) electrons. The van der Waals surface area contributed by atoms with Gasteiger partial charge in [-0.2, -0.15) is 0 Å². The lowest BCUT2D eigenvalue weighted by Crippen LogP contribution is -2.11. The molecule has 0 aromatic heterocycles. The van der Waals surface area contributed by atoms with Gasteiger partial charge in [-0.05, 0) is 42.5 Å². The third kappa shape index (κ3) is 5.91. The quantitative estimate of drug-likeness (QED) is 0.230. The molecule has 0 spiro atoms. The number of nitrogens with one attached hydrogen (secondary N) is 1. The molecular weight excluding hydrogens is 436 g/mol. The normalized spacial score (nSPS) is 10.5. The minimum Gasteiger partial charge on any atom is -0.399 e. The van der Waals surface area contributed by atoms with Crippen molar-refractivity contribution in [3.8, 4) is 0 Å². The molecule has 0 fully saturated rings. The molecule has 0 atom stereocenters. The van der Waals surface area contributed by atoms with E-state index in [0.717, 1.165) is 18.2 Å². The zero-order chi connectivity index (χ0) is 24.0. The number of non-ortho nitro benzene ring substituents is 2. The van der Waals surface area contributed by atoms with Crippen molar-refractivity contribution in [2.45, 2.75) is 0 Å². The molecule has 33 heavy (non-hydrogen) atoms. The maximum Gasteiger partial charge on any atom is 0.363 e. The van der Waals surface area contributed by atoms with Crippen LogP contribution in [-0.2, 0) is 4.84 Å². The van der Waals surface area contributed by atoms with Gasteiger partial charge in [0.15, 0.2) is 0 Å². The number of nitrogens with zero attached hydrogens (tertiary/aromatic N) is 4. The van der Waals surface area contributed by atoms with E-state index in [9.17, 15) is 29.8 Å². The summed E-state index contributed by atoms with van der Waals surface area (Å²) in [5.41, 5.74) is 7.64. The zero-order valence-corrected chi connectivity index (χ0v) is 16.6. The molecule has 3 aromatic rings. The van der Waals surface area contributed by atoms with Crippen LogP contribution in [0, 0.1) is 20.2 Å². The fraction of sp³-hybridized carbons (Fsp3) is 0. The highest BCUT2D eigenvalue weighted by Gasteiger charge is 2.21. The van der Waals surface area contributed by atoms with Crippen molar-refractivity contribution in [1.29, 1.82) is 0 Å². The molecule has 3 rings (SSSR count). The standard InChI is InChI=1S/C20H14N6O7/c21-14-3-1-2-12(8-14)19(27)23-22-15-4-6-16(7-5-15)24-33-20(28)13-9-17(25(29)30)11-18(10-13)26(31)32/h1-11,24H,21H2. The van der Waals surface area contributed by atoms with E-state index in [1.807, 2.05) is 0 Å². The van der Waals surface area contributed by atoms with Gasteiger partial charge in [0.25, 0.3) is 17.3 Å². The number of anilines is 2. The van der Waals surface area contributed by atoms with E-state index in [1.54, 1.807) is 18.2 Å². The van der Waals surface area contributed by atoms with Crippen LogP contribution in [0.4, 0.5) is 28.4 Å². The number of nitro benzene ring substituents is 2. The summed E-state index contributed by atoms with van der Waals surface area (Å²) in [6.07, 6.45) is 0. The molecular formula is C20H14N6O7. The number of nitrogens with two attached hydrogens (primary N) is 1. The highest BCUT2D eigenvalue weighted by atomic mass is 16.7. The van der Waals surface area contributed by atoms with Gasteiger partial charge >= 0.3 is 5.97 Å². The van der Waals surface area contributed by atoms with E-state index in [1.165, 1.54) is 30.3 Å². The minimum atomic E-state index is -1.07. The fourth-order valence-electron chi connectivity index (χ4n) is 2.52. The molecule has 0 heterocycles. The number of rotatable bonds is 7. The number of benzene rings is 3. The molecule has 0 unspecified atom stereocenters. The first-order valence-corrected chi connectivity index (χ1v) is 9.05. The summed E-state index contributed by atoms with van der Waals surface area (Å²) in [4.78, 5) is 49.1. The third-order valence-electron chi connectivity index (χ3n) is 4.08. The number of carbonyl (C=O) groups excluding carboxylic acids is 2. The second-order valence-electron chi connectivity index (χ2n) is 6.42. The molecule has 3 aromatic carbocycles. The Morgan fingerprint density at radius 3 is 2.09 bits per heavy atom. The lowest BCUT2D eigenvalue weighted by molar-refractivity contribution is -0.394. The number of carbonyl (C=O) groups is 2. The molecule has 0 aliphatic rings. The fourth-order valence-corrected chi connectivity index (χ4v) is 2.52. The average Bonchev–Trinajstić information content (AvgIpc) is 2.81. The summed E-state index contributed by atoms with van der Waals surface area (Å²) < 4.78 is 0. The second-order valence-corrected chi connectivity index (χ2v) is 6.42. The Morgan fingerprint density at radius 1 is 0.879 bits per heavy atom. The molecule has 3 N–H and O–H groups in total. The Bertz CT molecular complexity index is 1240. The van der Waals surface area contributed by atoms with E-state index in [2.05, 4.69) is 15.7 Å². The Morgan fingerprint density at radius 2 is 1.52 bits per heavy atom. The largest absolute Gasteiger partial charge is 0.399 e. The van der Waals surface area contributed by atoms with Gasteiger partial charge in [-0.15, -0.1) is 10.2 Å². The van der Waals surface area contributed by atoms with E-state index in [0.29, 0.717) is 17.1 Å². The lowest BCUT2D eigenvalue weighted by Gasteiger charge is -2.07. The van der Waals surface area contributed by atoms with Gasteiger partial charge in [0.2, 0.25) is 0 Å². The predicted octanol–water partition coefficient (Wildman–Crippen LogP) is 4.19. The van der Waals surface area contributed by atoms with Gasteiger partial charge in [-0.25, -0.2) is 10.3 Å². The van der Waals surface area contributed by atoms with Gasteiger partial charge in [0, 0.05) is 23.4 Å². The van der Waals surface area contributed by atoms with Crippen molar-refractivity contribution in [1.82, 2.24) is 0 Å². The van der Waals surface area contributed by atoms with Crippen LogP contribution in [0.5, 0.6) is 0 Å². The second kappa shape index (κ2) is 9.74. The van der Waals surface area contributed by atoms with Crippen LogP contribution in [0.3, 0.4) is 0 Å². The summed E-state index contributed by atoms with van der Waals surface area (Å²) >= 11 is 0. The predicted molar refractivity (Wildman–Crippen MR) is 115 cm³/mol. The van der Waals surface area contributed by atoms with Gasteiger partial charge < -0.3 is 10.6 Å². The van der Waals surface area contributed by atoms with Gasteiger partial charge in [-0.1, -0.05) is 6.07 Å². The lowest BCUT2D eigenvalue weighted by atomic mass is 10.2. The first-order chi connectivity index (χ1) is 15.7. The number of nitro groups is 2. The van der Waals surface area contributed by atoms with Crippen molar-refractivity contribution < 1.29 is 24.3 Å². The molecule has 0 saturated carbocycles. The van der Waals surface area contributed by atoms with Gasteiger partial charge in [-0.3, -0.25) is 25.0 Å². The summed E-state index contributed by atoms with van der Waals surface area (Å²) in [5.74, 6) is -1.65. The summed E-state index contributed by atoms with van der Waals surface area (Å²) in [7, 11) is 0. The van der Waals surface area contributed by atoms with E-state index >= 15 is 0 Å². The molecule has 1 amide bonds. The van der Waals surface area contributed by atoms with Crippen LogP contribution in [0.1, 0.15) is 20.7 Å². The van der Waals surface area contributed by atoms with Crippen molar-refractivity contribution in [2.24, 2.45) is 10.2 Å². The maximum absolute atomic E-state index is 12.2. The maximum atomic E-state index is 12.2. The van der Waals surface area contributed by atoms with Crippen LogP contribution in [0.25, 0.3) is 0 Å². The van der Waals surface area contributed by atoms with Crippen molar-refractivity contribution in [3.63, 3.8) is 0 Å². The van der Waals surface area contributed by atoms with Crippen LogP contribution >= 0.6 is 0 Å². The van der Waals surface area contributed by atoms with Gasteiger partial charge in [0.1, 0.15) is 0 Å². The molecule has 13 nitrogen and oxygen atoms in total. The first kappa shape index (κ1) is 22.5. The molecule has 0 aliphatic heterocycles. The smallest absolute Gasteiger partial charge is 0.363 e. The summed E-state index contributed by atoms with van der Waals surface area (Å²) in [5, 5.41) is 29.3. The zero-order valence-electron chi connectivity index (χ0n) is 16.6. The van der Waals surface area contributed by atoms with Crippen LogP contribution < -0.4 is 11.2 Å². The minimum absolute atomic E-state index is 0.283. The number of hydrogen-bond donors (Lipinski definition) is 2. The Labute approximate surface area is 184 Å². The summed E-state index contributed by atoms with van der Waals surface area (Å²) in [6, 6.07) is 14.6.